The van der Waals surface area contributed by atoms with Crippen LogP contribution < -0.4 is 39.6 Å². The number of ether oxygens (including phenoxy) is 4. The first-order valence-electron chi connectivity index (χ1n) is 10.6. The molecule has 0 aliphatic carbocycles. The van der Waals surface area contributed by atoms with Gasteiger partial charge in [-0.05, 0) is 48.4 Å². The number of carbonyl (C=O) groups is 1. The van der Waals surface area contributed by atoms with Crippen molar-refractivity contribution in [3.8, 4) is 23.0 Å². The Kier molecular flexibility index (Phi) is 6.65. The number of benzene rings is 2. The summed E-state index contributed by atoms with van der Waals surface area (Å²) >= 11 is 1.22. The van der Waals surface area contributed by atoms with Crippen LogP contribution in [0.2, 0.25) is 0 Å². The first-order chi connectivity index (χ1) is 16.8. The van der Waals surface area contributed by atoms with Gasteiger partial charge in [0.15, 0.2) is 16.3 Å². The number of hydrogen-bond acceptors (Lipinski definition) is 8. The molecule has 1 atom stereocenters. The lowest BCUT2D eigenvalue weighted by Crippen LogP contribution is -2.40. The topological polar surface area (TPSA) is 114 Å². The van der Waals surface area contributed by atoms with Gasteiger partial charge in [0, 0.05) is 0 Å². The third-order valence-corrected chi connectivity index (χ3v) is 6.66. The standard InChI is InChI=1S/C25H25N3O6S/c1-13-20(23(26)29)21(15-7-6-8-16(12-15)31-2)28-24(30)19(35-25(28)27-13)11-14-9-17(32-3)22(34-5)18(10-14)33-4/h6-12,21H,1-5H3,(H2,26,29)/b19-11+. The molecule has 10 heteroatoms. The molecule has 1 amide bonds. The zero-order chi connectivity index (χ0) is 25.3. The van der Waals surface area contributed by atoms with Crippen molar-refractivity contribution in [1.29, 1.82) is 0 Å². The fourth-order valence-corrected chi connectivity index (χ4v) is 5.15. The summed E-state index contributed by atoms with van der Waals surface area (Å²) in [5, 5.41) is 0. The minimum Gasteiger partial charge on any atom is -0.497 e. The van der Waals surface area contributed by atoms with Crippen molar-refractivity contribution < 1.29 is 23.7 Å². The Morgan fingerprint density at radius 1 is 1.06 bits per heavy atom. The van der Waals surface area contributed by atoms with Crippen LogP contribution in [-0.2, 0) is 4.79 Å². The highest BCUT2D eigenvalue weighted by Gasteiger charge is 2.31. The molecule has 0 fully saturated rings. The van der Waals surface area contributed by atoms with Crippen LogP contribution in [0.3, 0.4) is 0 Å². The van der Waals surface area contributed by atoms with Crippen molar-refractivity contribution in [3.05, 3.63) is 78.5 Å². The molecule has 2 aromatic carbocycles. The van der Waals surface area contributed by atoms with Crippen LogP contribution in [0.15, 0.2) is 57.5 Å². The molecule has 0 saturated heterocycles. The molecule has 0 radical (unpaired) electrons. The van der Waals surface area contributed by atoms with Gasteiger partial charge in [0.1, 0.15) is 5.75 Å². The third-order valence-electron chi connectivity index (χ3n) is 5.68. The normalized spacial score (nSPS) is 15.3. The van der Waals surface area contributed by atoms with Crippen LogP contribution in [-0.4, -0.2) is 38.9 Å². The van der Waals surface area contributed by atoms with Gasteiger partial charge in [0.25, 0.3) is 5.56 Å². The monoisotopic (exact) mass is 495 g/mol. The van der Waals surface area contributed by atoms with E-state index < -0.39 is 11.9 Å². The van der Waals surface area contributed by atoms with Gasteiger partial charge in [-0.15, -0.1) is 0 Å². The highest BCUT2D eigenvalue weighted by atomic mass is 32.1. The van der Waals surface area contributed by atoms with Crippen molar-refractivity contribution in [2.24, 2.45) is 10.7 Å². The maximum atomic E-state index is 13.7. The fourth-order valence-electron chi connectivity index (χ4n) is 4.10. The predicted molar refractivity (Wildman–Crippen MR) is 132 cm³/mol. The van der Waals surface area contributed by atoms with E-state index in [1.807, 2.05) is 6.07 Å². The molecular weight excluding hydrogens is 470 g/mol. The van der Waals surface area contributed by atoms with Crippen molar-refractivity contribution in [1.82, 2.24) is 4.57 Å². The van der Waals surface area contributed by atoms with E-state index in [4.69, 9.17) is 24.7 Å². The molecule has 1 aliphatic heterocycles. The van der Waals surface area contributed by atoms with Crippen molar-refractivity contribution in [2.45, 2.75) is 13.0 Å². The molecule has 35 heavy (non-hydrogen) atoms. The summed E-state index contributed by atoms with van der Waals surface area (Å²) in [7, 11) is 6.13. The largest absolute Gasteiger partial charge is 0.497 e. The zero-order valence-corrected chi connectivity index (χ0v) is 20.8. The van der Waals surface area contributed by atoms with Crippen LogP contribution in [0.1, 0.15) is 24.1 Å². The lowest BCUT2D eigenvalue weighted by molar-refractivity contribution is -0.115. The highest BCUT2D eigenvalue weighted by Crippen LogP contribution is 2.38. The number of methoxy groups -OCH3 is 4. The third kappa shape index (κ3) is 4.28. The number of fused-ring (bicyclic) bond motifs is 1. The molecule has 2 N–H and O–H groups in total. The molecule has 182 valence electrons. The highest BCUT2D eigenvalue weighted by molar-refractivity contribution is 7.07. The van der Waals surface area contributed by atoms with Gasteiger partial charge in [-0.2, -0.15) is 0 Å². The number of carbonyl (C=O) groups excluding carboxylic acids is 1. The van der Waals surface area contributed by atoms with Gasteiger partial charge in [-0.1, -0.05) is 23.5 Å². The molecule has 0 saturated carbocycles. The molecule has 9 nitrogen and oxygen atoms in total. The van der Waals surface area contributed by atoms with Gasteiger partial charge in [0.05, 0.1) is 50.3 Å². The summed E-state index contributed by atoms with van der Waals surface area (Å²) in [5.74, 6) is 1.34. The minimum atomic E-state index is -0.735. The molecule has 0 spiro atoms. The van der Waals surface area contributed by atoms with Crippen molar-refractivity contribution in [3.63, 3.8) is 0 Å². The van der Waals surface area contributed by atoms with Gasteiger partial charge >= 0.3 is 0 Å². The number of thiazole rings is 1. The predicted octanol–water partition coefficient (Wildman–Crippen LogP) is 1.75. The Hall–Kier alpha value is -4.05. The van der Waals surface area contributed by atoms with Crippen molar-refractivity contribution in [2.75, 3.05) is 28.4 Å². The Labute approximate surface area is 205 Å². The summed E-state index contributed by atoms with van der Waals surface area (Å²) in [6.45, 7) is 1.71. The Morgan fingerprint density at radius 2 is 1.74 bits per heavy atom. The summed E-state index contributed by atoms with van der Waals surface area (Å²) in [4.78, 5) is 31.1. The number of primary amides is 1. The van der Waals surface area contributed by atoms with Crippen LogP contribution in [0.4, 0.5) is 0 Å². The average molecular weight is 496 g/mol. The van der Waals surface area contributed by atoms with Gasteiger partial charge < -0.3 is 24.7 Å². The SMILES string of the molecule is COc1cccc(C2C(C(N)=O)=C(C)N=c3s/c(=C/c4cc(OC)c(OC)c(OC)c4)c(=O)n32)c1. The second kappa shape index (κ2) is 9.67. The quantitative estimate of drug-likeness (QED) is 0.534. The smallest absolute Gasteiger partial charge is 0.271 e. The maximum Gasteiger partial charge on any atom is 0.271 e. The number of allylic oxidation sites excluding steroid dienone is 1. The summed E-state index contributed by atoms with van der Waals surface area (Å²) in [6, 6.07) is 9.96. The van der Waals surface area contributed by atoms with E-state index >= 15 is 0 Å². The molecule has 2 heterocycles. The van der Waals surface area contributed by atoms with Crippen LogP contribution >= 0.6 is 11.3 Å². The van der Waals surface area contributed by atoms with E-state index in [2.05, 4.69) is 4.99 Å². The van der Waals surface area contributed by atoms with Gasteiger partial charge in [-0.25, -0.2) is 4.99 Å². The number of amides is 1. The van der Waals surface area contributed by atoms with Crippen LogP contribution in [0.25, 0.3) is 6.08 Å². The number of rotatable bonds is 7. The molecule has 1 unspecified atom stereocenters. The lowest BCUT2D eigenvalue weighted by atomic mass is 9.95. The summed E-state index contributed by atoms with van der Waals surface area (Å²) in [6.07, 6.45) is 1.72. The summed E-state index contributed by atoms with van der Waals surface area (Å²) in [5.41, 5.74) is 7.51. The minimum absolute atomic E-state index is 0.255. The number of nitrogens with zero attached hydrogens (tertiary/aromatic N) is 2. The number of aromatic nitrogens is 1. The Morgan fingerprint density at radius 3 is 2.31 bits per heavy atom. The van der Waals surface area contributed by atoms with E-state index in [0.29, 0.717) is 49.2 Å². The zero-order valence-electron chi connectivity index (χ0n) is 19.9. The number of nitrogens with two attached hydrogens (primary N) is 1. The maximum absolute atomic E-state index is 13.7. The van der Waals surface area contributed by atoms with Gasteiger partial charge in [0.2, 0.25) is 11.7 Å². The van der Waals surface area contributed by atoms with Crippen LogP contribution in [0.5, 0.6) is 23.0 Å². The molecular formula is C25H25N3O6S. The Balaban J connectivity index is 1.96. The molecule has 0 bridgehead atoms. The van der Waals surface area contributed by atoms with Crippen LogP contribution in [0, 0.1) is 0 Å². The molecule has 1 aromatic heterocycles. The molecule has 4 rings (SSSR count). The van der Waals surface area contributed by atoms with E-state index in [1.165, 1.54) is 37.2 Å². The van der Waals surface area contributed by atoms with Crippen molar-refractivity contribution >= 4 is 23.3 Å². The lowest BCUT2D eigenvalue weighted by Gasteiger charge is -2.24. The second-order valence-electron chi connectivity index (χ2n) is 7.68. The molecule has 1 aliphatic rings. The molecule has 3 aromatic rings. The first-order valence-corrected chi connectivity index (χ1v) is 11.4. The second-order valence-corrected chi connectivity index (χ2v) is 8.69. The van der Waals surface area contributed by atoms with Gasteiger partial charge in [-0.3, -0.25) is 14.2 Å². The van der Waals surface area contributed by atoms with E-state index in [0.717, 1.165) is 0 Å². The fraction of sp³-hybridized carbons (Fsp3) is 0.240. The van der Waals surface area contributed by atoms with E-state index in [9.17, 15) is 9.59 Å². The number of hydrogen-bond donors (Lipinski definition) is 1. The van der Waals surface area contributed by atoms with E-state index in [-0.39, 0.29) is 11.1 Å². The Bertz CT molecular complexity index is 1490. The average Bonchev–Trinajstić information content (AvgIpc) is 3.16. The first kappa shape index (κ1) is 24.1. The van der Waals surface area contributed by atoms with E-state index in [1.54, 1.807) is 50.4 Å². The summed E-state index contributed by atoms with van der Waals surface area (Å²) < 4.78 is 23.5.